The third-order valence-electron chi connectivity index (χ3n) is 5.82. The molecule has 0 unspecified atom stereocenters. The van der Waals surface area contributed by atoms with Gasteiger partial charge in [0.05, 0.1) is 18.3 Å². The van der Waals surface area contributed by atoms with E-state index in [0.717, 1.165) is 19.3 Å². The molecule has 3 fully saturated rings. The lowest BCUT2D eigenvalue weighted by molar-refractivity contribution is -0.149. The van der Waals surface area contributed by atoms with Gasteiger partial charge in [0, 0.05) is 12.6 Å². The molecule has 0 aromatic carbocycles. The van der Waals surface area contributed by atoms with E-state index in [0.29, 0.717) is 17.6 Å². The van der Waals surface area contributed by atoms with Crippen molar-refractivity contribution >= 4 is 29.5 Å². The predicted octanol–water partition coefficient (Wildman–Crippen LogP) is 0.886. The molecule has 0 radical (unpaired) electrons. The fourth-order valence-corrected chi connectivity index (χ4v) is 4.72. The molecule has 3 aliphatic rings. The van der Waals surface area contributed by atoms with Crippen LogP contribution in [0.3, 0.4) is 0 Å². The monoisotopic (exact) mass is 375 g/mol. The summed E-state index contributed by atoms with van der Waals surface area (Å²) in [6.45, 7) is 1.22. The van der Waals surface area contributed by atoms with Crippen molar-refractivity contribution in [1.29, 1.82) is 0 Å². The SMILES string of the molecule is Cc1cc(NC(=O)COC(=O)CCN2C(=O)[C@@H]3[C@@H]4CC[C@@H](C4)[C@@H]3C2=O)no1. The molecule has 0 spiro atoms. The lowest BCUT2D eigenvalue weighted by atomic mass is 9.81. The number of nitrogens with one attached hydrogen (secondary N) is 1. The Balaban J connectivity index is 1.23. The van der Waals surface area contributed by atoms with Gasteiger partial charge in [0.15, 0.2) is 12.4 Å². The smallest absolute Gasteiger partial charge is 0.308 e. The second-order valence-electron chi connectivity index (χ2n) is 7.49. The summed E-state index contributed by atoms with van der Waals surface area (Å²) in [5.41, 5.74) is 0. The first kappa shape index (κ1) is 17.7. The fraction of sp³-hybridized carbons (Fsp3) is 0.611. The zero-order valence-electron chi connectivity index (χ0n) is 15.0. The maximum Gasteiger partial charge on any atom is 0.308 e. The molecule has 9 heteroatoms. The molecule has 27 heavy (non-hydrogen) atoms. The number of hydrogen-bond donors (Lipinski definition) is 1. The minimum absolute atomic E-state index is 0.00698. The highest BCUT2D eigenvalue weighted by molar-refractivity contribution is 6.06. The first-order chi connectivity index (χ1) is 12.9. The molecule has 2 saturated carbocycles. The Kier molecular flexibility index (Phi) is 4.45. The van der Waals surface area contributed by atoms with Gasteiger partial charge in [0.2, 0.25) is 11.8 Å². The molecule has 1 aliphatic heterocycles. The molecule has 2 bridgehead atoms. The molecular formula is C18H21N3O6. The average molecular weight is 375 g/mol. The second-order valence-corrected chi connectivity index (χ2v) is 7.49. The van der Waals surface area contributed by atoms with E-state index >= 15 is 0 Å². The highest BCUT2D eigenvalue weighted by atomic mass is 16.5. The van der Waals surface area contributed by atoms with Gasteiger partial charge in [-0.2, -0.15) is 0 Å². The number of esters is 1. The summed E-state index contributed by atoms with van der Waals surface area (Å²) in [6, 6.07) is 1.54. The van der Waals surface area contributed by atoms with Gasteiger partial charge >= 0.3 is 5.97 Å². The molecule has 3 amide bonds. The number of rotatable bonds is 6. The molecule has 9 nitrogen and oxygen atoms in total. The Morgan fingerprint density at radius 3 is 2.52 bits per heavy atom. The number of imide groups is 1. The molecule has 4 rings (SSSR count). The maximum atomic E-state index is 12.5. The zero-order chi connectivity index (χ0) is 19.1. The quantitative estimate of drug-likeness (QED) is 0.579. The van der Waals surface area contributed by atoms with Crippen LogP contribution in [0.2, 0.25) is 0 Å². The molecule has 2 heterocycles. The van der Waals surface area contributed by atoms with Gasteiger partial charge in [-0.1, -0.05) is 5.16 Å². The first-order valence-electron chi connectivity index (χ1n) is 9.18. The summed E-state index contributed by atoms with van der Waals surface area (Å²) in [5.74, 6) is -0.447. The summed E-state index contributed by atoms with van der Waals surface area (Å²) < 4.78 is 9.72. The van der Waals surface area contributed by atoms with Crippen LogP contribution in [0.4, 0.5) is 5.82 Å². The van der Waals surface area contributed by atoms with Crippen molar-refractivity contribution < 1.29 is 28.4 Å². The van der Waals surface area contributed by atoms with E-state index in [1.807, 2.05) is 0 Å². The summed E-state index contributed by atoms with van der Waals surface area (Å²) in [4.78, 5) is 49.9. The number of fused-ring (bicyclic) bond motifs is 5. The van der Waals surface area contributed by atoms with Crippen molar-refractivity contribution in [3.8, 4) is 0 Å². The lowest BCUT2D eigenvalue weighted by Crippen LogP contribution is -2.35. The number of carbonyl (C=O) groups excluding carboxylic acids is 4. The number of aromatic nitrogens is 1. The number of aryl methyl sites for hydroxylation is 1. The Morgan fingerprint density at radius 2 is 1.93 bits per heavy atom. The van der Waals surface area contributed by atoms with E-state index in [1.54, 1.807) is 6.92 Å². The van der Waals surface area contributed by atoms with Crippen LogP contribution < -0.4 is 5.32 Å². The molecule has 1 aromatic rings. The average Bonchev–Trinajstić information content (AvgIpc) is 3.38. The van der Waals surface area contributed by atoms with Gasteiger partial charge < -0.3 is 14.6 Å². The van der Waals surface area contributed by atoms with E-state index in [1.165, 1.54) is 11.0 Å². The molecule has 144 valence electrons. The maximum absolute atomic E-state index is 12.5. The van der Waals surface area contributed by atoms with E-state index in [-0.39, 0.29) is 42.4 Å². The van der Waals surface area contributed by atoms with Gasteiger partial charge in [0.25, 0.3) is 5.91 Å². The standard InChI is InChI=1S/C18H21N3O6/c1-9-6-12(20-27-9)19-13(22)8-26-14(23)4-5-21-17(24)15-10-2-3-11(7-10)16(15)18(21)25/h6,10-11,15-16H,2-5,7-8H2,1H3,(H,19,20,22)/t10-,11+,15-,16+. The minimum atomic E-state index is -0.637. The number of carbonyl (C=O) groups is 4. The van der Waals surface area contributed by atoms with E-state index < -0.39 is 18.5 Å². The fourth-order valence-electron chi connectivity index (χ4n) is 4.72. The van der Waals surface area contributed by atoms with Gasteiger partial charge in [-0.3, -0.25) is 24.1 Å². The third-order valence-corrected chi connectivity index (χ3v) is 5.82. The number of nitrogens with zero attached hydrogens (tertiary/aromatic N) is 2. The summed E-state index contributed by atoms with van der Waals surface area (Å²) >= 11 is 0. The van der Waals surface area contributed by atoms with E-state index in [9.17, 15) is 19.2 Å². The van der Waals surface area contributed by atoms with Crippen LogP contribution in [0.5, 0.6) is 0 Å². The molecular weight excluding hydrogens is 354 g/mol. The van der Waals surface area contributed by atoms with Gasteiger partial charge in [-0.25, -0.2) is 0 Å². The van der Waals surface area contributed by atoms with Crippen LogP contribution in [0, 0.1) is 30.6 Å². The molecule has 4 atom stereocenters. The Bertz CT molecular complexity index is 775. The van der Waals surface area contributed by atoms with Crippen molar-refractivity contribution in [2.75, 3.05) is 18.5 Å². The van der Waals surface area contributed by atoms with Crippen LogP contribution in [-0.4, -0.2) is 46.9 Å². The number of anilines is 1. The Morgan fingerprint density at radius 1 is 1.26 bits per heavy atom. The van der Waals surface area contributed by atoms with Crippen molar-refractivity contribution in [2.24, 2.45) is 23.7 Å². The van der Waals surface area contributed by atoms with E-state index in [4.69, 9.17) is 9.26 Å². The zero-order valence-corrected chi connectivity index (χ0v) is 15.0. The van der Waals surface area contributed by atoms with Crippen molar-refractivity contribution in [3.05, 3.63) is 11.8 Å². The van der Waals surface area contributed by atoms with Crippen molar-refractivity contribution in [1.82, 2.24) is 10.1 Å². The molecule has 1 saturated heterocycles. The van der Waals surface area contributed by atoms with Crippen molar-refractivity contribution in [3.63, 3.8) is 0 Å². The number of hydrogen-bond acceptors (Lipinski definition) is 7. The molecule has 2 aliphatic carbocycles. The van der Waals surface area contributed by atoms with Crippen LogP contribution in [0.1, 0.15) is 31.4 Å². The summed E-state index contributed by atoms with van der Waals surface area (Å²) in [7, 11) is 0. The van der Waals surface area contributed by atoms with Gasteiger partial charge in [-0.05, 0) is 38.0 Å². The van der Waals surface area contributed by atoms with Gasteiger partial charge in [0.1, 0.15) is 5.76 Å². The highest BCUT2D eigenvalue weighted by Crippen LogP contribution is 2.56. The second kappa shape index (κ2) is 6.79. The number of ether oxygens (including phenoxy) is 1. The lowest BCUT2D eigenvalue weighted by Gasteiger charge is -2.19. The predicted molar refractivity (Wildman–Crippen MR) is 90.0 cm³/mol. The Labute approximate surface area is 155 Å². The highest BCUT2D eigenvalue weighted by Gasteiger charge is 2.60. The molecule has 1 N–H and O–H groups in total. The minimum Gasteiger partial charge on any atom is -0.456 e. The van der Waals surface area contributed by atoms with E-state index in [2.05, 4.69) is 10.5 Å². The molecule has 1 aromatic heterocycles. The summed E-state index contributed by atoms with van der Waals surface area (Å²) in [6.07, 6.45) is 2.88. The van der Waals surface area contributed by atoms with Crippen LogP contribution >= 0.6 is 0 Å². The number of amides is 3. The van der Waals surface area contributed by atoms with Crippen molar-refractivity contribution in [2.45, 2.75) is 32.6 Å². The van der Waals surface area contributed by atoms with Crippen LogP contribution in [0.25, 0.3) is 0 Å². The summed E-state index contributed by atoms with van der Waals surface area (Å²) in [5, 5.41) is 6.04. The third kappa shape index (κ3) is 3.22. The largest absolute Gasteiger partial charge is 0.456 e. The first-order valence-corrected chi connectivity index (χ1v) is 9.18. The number of likely N-dealkylation sites (tertiary alicyclic amines) is 1. The van der Waals surface area contributed by atoms with Crippen LogP contribution in [-0.2, 0) is 23.9 Å². The normalized spacial score (nSPS) is 28.6. The topological polar surface area (TPSA) is 119 Å². The Hall–Kier alpha value is -2.71. The van der Waals surface area contributed by atoms with Gasteiger partial charge in [-0.15, -0.1) is 0 Å². The van der Waals surface area contributed by atoms with Crippen LogP contribution in [0.15, 0.2) is 10.6 Å².